The Bertz CT molecular complexity index is 2390. The van der Waals surface area contributed by atoms with Crippen LogP contribution in [0.15, 0.2) is 120 Å². The number of carbonyl (C=O) groups is 1. The number of amides is 1. The zero-order chi connectivity index (χ0) is 46.1. The number of benzene rings is 4. The molecule has 2 aliphatic carbocycles. The van der Waals surface area contributed by atoms with Crippen molar-refractivity contribution >= 4 is 23.2 Å². The average molecular weight is 895 g/mol. The molecule has 6 atom stereocenters. The van der Waals surface area contributed by atoms with Crippen molar-refractivity contribution in [1.29, 1.82) is 0 Å². The summed E-state index contributed by atoms with van der Waals surface area (Å²) in [5.74, 6) is -3.21. The van der Waals surface area contributed by atoms with E-state index in [1.807, 2.05) is 0 Å². The molecule has 1 saturated carbocycles. The van der Waals surface area contributed by atoms with Crippen LogP contribution >= 0.6 is 0 Å². The molecule has 1 amide bonds. The van der Waals surface area contributed by atoms with E-state index in [2.05, 4.69) is 12.7 Å². The monoisotopic (exact) mass is 894 g/mol. The largest absolute Gasteiger partial charge is 0.508 e. The van der Waals surface area contributed by atoms with Crippen molar-refractivity contribution in [1.82, 2.24) is 4.90 Å². The number of nitro benzene ring substituents is 2. The van der Waals surface area contributed by atoms with Gasteiger partial charge in [0.25, 0.3) is 11.4 Å². The Hall–Kier alpha value is -6.69. The number of fused-ring (bicyclic) bond motifs is 2. The number of halogens is 1. The molecule has 0 aromatic heterocycles. The van der Waals surface area contributed by atoms with Gasteiger partial charge in [0, 0.05) is 61.9 Å². The highest BCUT2D eigenvalue weighted by atomic mass is 19.1. The third-order valence-corrected chi connectivity index (χ3v) is 12.3. The van der Waals surface area contributed by atoms with Crippen LogP contribution in [0.5, 0.6) is 17.2 Å². The van der Waals surface area contributed by atoms with Crippen LogP contribution in [0.1, 0.15) is 67.6 Å². The molecule has 0 bridgehead atoms. The van der Waals surface area contributed by atoms with Crippen LogP contribution in [-0.2, 0) is 22.7 Å². The number of non-ortho nitro benzene ring substituents is 2. The van der Waals surface area contributed by atoms with Crippen molar-refractivity contribution in [2.24, 2.45) is 22.9 Å². The summed E-state index contributed by atoms with van der Waals surface area (Å²) in [4.78, 5) is 44.1. The van der Waals surface area contributed by atoms with Crippen LogP contribution in [0.2, 0.25) is 0 Å². The van der Waals surface area contributed by atoms with Gasteiger partial charge in [0.2, 0.25) is 5.79 Å². The first-order valence-electron chi connectivity index (χ1n) is 21.6. The van der Waals surface area contributed by atoms with Gasteiger partial charge >= 0.3 is 6.09 Å². The molecule has 3 aliphatic rings. The van der Waals surface area contributed by atoms with Gasteiger partial charge in [0.15, 0.2) is 0 Å². The number of aliphatic hydroxyl groups excluding tert-OH is 2. The van der Waals surface area contributed by atoms with Crippen molar-refractivity contribution in [3.8, 4) is 17.2 Å². The minimum atomic E-state index is -1.72. The third kappa shape index (κ3) is 10.3. The molecule has 4 aromatic carbocycles. The Balaban J connectivity index is 1.43. The Morgan fingerprint density at radius 2 is 1.55 bits per heavy atom. The van der Waals surface area contributed by atoms with E-state index in [0.717, 1.165) is 0 Å². The minimum absolute atomic E-state index is 0.00574. The van der Waals surface area contributed by atoms with Crippen LogP contribution in [-0.4, -0.2) is 73.5 Å². The van der Waals surface area contributed by atoms with E-state index < -0.39 is 45.4 Å². The number of nitro groups is 2. The summed E-state index contributed by atoms with van der Waals surface area (Å²) in [5, 5.41) is 58.4. The second kappa shape index (κ2) is 20.9. The van der Waals surface area contributed by atoms with E-state index in [9.17, 15) is 44.7 Å². The van der Waals surface area contributed by atoms with E-state index in [-0.39, 0.29) is 74.1 Å². The summed E-state index contributed by atoms with van der Waals surface area (Å²) in [6, 6.07) is 20.3. The Morgan fingerprint density at radius 3 is 2.20 bits per heavy atom. The molecule has 17 heteroatoms. The highest BCUT2D eigenvalue weighted by Crippen LogP contribution is 2.62. The minimum Gasteiger partial charge on any atom is -0.508 e. The van der Waals surface area contributed by atoms with Gasteiger partial charge in [0.05, 0.1) is 28.1 Å². The number of ether oxygens (including phenoxy) is 3. The number of rotatable bonds is 20. The van der Waals surface area contributed by atoms with Crippen molar-refractivity contribution < 1.29 is 53.4 Å². The Kier molecular flexibility index (Phi) is 14.9. The topological polar surface area (TPSA) is 217 Å². The lowest BCUT2D eigenvalue weighted by molar-refractivity contribution is -0.385. The second-order valence-corrected chi connectivity index (χ2v) is 16.4. The van der Waals surface area contributed by atoms with E-state index >= 15 is 0 Å². The van der Waals surface area contributed by atoms with Crippen molar-refractivity contribution in [2.75, 3.05) is 19.8 Å². The van der Waals surface area contributed by atoms with Crippen LogP contribution < -0.4 is 9.47 Å². The maximum Gasteiger partial charge on any atom is 0.416 e. The van der Waals surface area contributed by atoms with Crippen molar-refractivity contribution in [2.45, 2.75) is 75.8 Å². The Morgan fingerprint density at radius 1 is 0.908 bits per heavy atom. The predicted octanol–water partition coefficient (Wildman–Crippen LogP) is 8.88. The van der Waals surface area contributed by atoms with Gasteiger partial charge in [-0.25, -0.2) is 9.18 Å². The van der Waals surface area contributed by atoms with Crippen LogP contribution in [0, 0.1) is 43.8 Å². The maximum absolute atomic E-state index is 14.9. The number of carbonyl (C=O) groups excluding carboxylic acids is 1. The lowest BCUT2D eigenvalue weighted by Crippen LogP contribution is -2.70. The molecule has 0 spiro atoms. The van der Waals surface area contributed by atoms with Gasteiger partial charge in [0.1, 0.15) is 35.7 Å². The smallest absolute Gasteiger partial charge is 0.416 e. The van der Waals surface area contributed by atoms with E-state index in [4.69, 9.17) is 24.2 Å². The van der Waals surface area contributed by atoms with E-state index in [1.165, 1.54) is 71.6 Å². The van der Waals surface area contributed by atoms with Gasteiger partial charge in [-0.3, -0.25) is 25.1 Å². The van der Waals surface area contributed by atoms with Gasteiger partial charge < -0.3 is 34.4 Å². The predicted molar refractivity (Wildman–Crippen MR) is 236 cm³/mol. The van der Waals surface area contributed by atoms with Crippen LogP contribution in [0.4, 0.5) is 20.6 Å². The zero-order valence-electron chi connectivity index (χ0n) is 35.6. The summed E-state index contributed by atoms with van der Waals surface area (Å²) in [7, 11) is 0. The SMILES string of the molecule is C=CCO[C@@]12Oc3ccc(O)cc3[C@H]3[C@H](CCCCO)[C@@H](CCCCO)C=C(C(=NOCc4ccc([N+](=O)[O-])cc4)C[C@@H]1N(Cc1ccc(F)cc1)C(=O)Oc1ccc([N+](=O)[O-])cc1)[C@H]32. The summed E-state index contributed by atoms with van der Waals surface area (Å²) >= 11 is 0. The van der Waals surface area contributed by atoms with Crippen LogP contribution in [0.25, 0.3) is 0 Å². The lowest BCUT2D eigenvalue weighted by Gasteiger charge is -2.59. The van der Waals surface area contributed by atoms with Crippen molar-refractivity contribution in [3.63, 3.8) is 0 Å². The molecule has 3 N–H and O–H groups in total. The summed E-state index contributed by atoms with van der Waals surface area (Å²) in [5.41, 5.74) is 2.68. The summed E-state index contributed by atoms with van der Waals surface area (Å²) in [6.07, 6.45) is 6.60. The van der Waals surface area contributed by atoms with Gasteiger partial charge in [-0.05, 0) is 109 Å². The maximum atomic E-state index is 14.9. The second-order valence-electron chi connectivity index (χ2n) is 16.4. The standard InChI is InChI=1S/C48H51FN4O12/c1-2-25-62-48-44(51(29-31-9-13-34(49)14-10-31)47(57)64-38-20-17-36(18-21-38)53(60)61)28-42(50-63-30-32-11-15-35(16-12-32)52(58)59)40-26-33(7-3-5-23-54)39(8-4-6-24-55)45(46(40)48)41-27-37(56)19-22-43(41)65-48/h2,9-22,26-27,33,39,44-46,54-56H,1,3-8,23-25,28-30H2/t33-,39+,44-,45+,46+,48+/m0/s1. The highest BCUT2D eigenvalue weighted by Gasteiger charge is 2.65. The summed E-state index contributed by atoms with van der Waals surface area (Å²) < 4.78 is 34.4. The molecule has 7 rings (SSSR count). The fraction of sp³-hybridized carbons (Fsp3) is 0.375. The molecular weight excluding hydrogens is 844 g/mol. The number of aliphatic hydroxyl groups is 2. The Labute approximate surface area is 374 Å². The molecule has 342 valence electrons. The zero-order valence-corrected chi connectivity index (χ0v) is 35.6. The fourth-order valence-corrected chi connectivity index (χ4v) is 9.44. The number of aromatic hydroxyl groups is 1. The fourth-order valence-electron chi connectivity index (χ4n) is 9.44. The number of hydrogen-bond acceptors (Lipinski definition) is 13. The first-order valence-corrected chi connectivity index (χ1v) is 21.6. The lowest BCUT2D eigenvalue weighted by atomic mass is 9.55. The average Bonchev–Trinajstić information content (AvgIpc) is 3.30. The van der Waals surface area contributed by atoms with Gasteiger partial charge in [-0.1, -0.05) is 42.3 Å². The van der Waals surface area contributed by atoms with E-state index in [1.54, 1.807) is 30.3 Å². The van der Waals surface area contributed by atoms with E-state index in [0.29, 0.717) is 72.2 Å². The number of oxime groups is 1. The third-order valence-electron chi connectivity index (χ3n) is 12.3. The van der Waals surface area contributed by atoms with Gasteiger partial charge in [-0.2, -0.15) is 0 Å². The van der Waals surface area contributed by atoms with Gasteiger partial charge in [-0.15, -0.1) is 6.58 Å². The molecule has 1 heterocycles. The molecule has 65 heavy (non-hydrogen) atoms. The molecule has 1 fully saturated rings. The first-order chi connectivity index (χ1) is 31.5. The normalized spacial score (nSPS) is 22.4. The van der Waals surface area contributed by atoms with Crippen molar-refractivity contribution in [3.05, 3.63) is 158 Å². The van der Waals surface area contributed by atoms with Crippen LogP contribution in [0.3, 0.4) is 0 Å². The molecule has 0 radical (unpaired) electrons. The number of hydrogen-bond donors (Lipinski definition) is 3. The number of phenolic OH excluding ortho intramolecular Hbond substituents is 1. The first kappa shape index (κ1) is 46.3. The number of phenols is 1. The number of nitrogens with zero attached hydrogens (tertiary/aromatic N) is 4. The molecule has 4 aromatic rings. The summed E-state index contributed by atoms with van der Waals surface area (Å²) in [6.45, 7) is 3.68. The molecule has 1 aliphatic heterocycles. The quantitative estimate of drug-likeness (QED) is 0.0328. The molecule has 0 unspecified atom stereocenters. The molecule has 0 saturated heterocycles. The number of unbranched alkanes of at least 4 members (excludes halogenated alkanes) is 2. The number of allylic oxidation sites excluding steroid dienone is 1. The molecule has 16 nitrogen and oxygen atoms in total. The molecular formula is C48H51FN4O12. The highest BCUT2D eigenvalue weighted by molar-refractivity contribution is 6.03.